The Balaban J connectivity index is 2.14. The largest absolute Gasteiger partial charge is 0.432 e. The predicted octanol–water partition coefficient (Wildman–Crippen LogP) is 3.30. The molecule has 0 radical (unpaired) electrons. The van der Waals surface area contributed by atoms with Crippen molar-refractivity contribution in [3.8, 4) is 0 Å². The number of aromatic nitrogens is 1. The van der Waals surface area contributed by atoms with Crippen molar-refractivity contribution in [2.24, 2.45) is 0 Å². The van der Waals surface area contributed by atoms with Gasteiger partial charge in [0.15, 0.2) is 0 Å². The number of halogens is 2. The second kappa shape index (κ2) is 4.31. The normalized spacial score (nSPS) is 10.3. The zero-order valence-corrected chi connectivity index (χ0v) is 8.46. The van der Waals surface area contributed by atoms with Gasteiger partial charge in [0, 0.05) is 5.69 Å². The van der Waals surface area contributed by atoms with Crippen molar-refractivity contribution < 1.29 is 8.81 Å². The summed E-state index contributed by atoms with van der Waals surface area (Å²) in [4.78, 5) is 4.02. The number of rotatable bonds is 3. The molecule has 0 saturated heterocycles. The smallest absolute Gasteiger partial charge is 0.299 e. The Morgan fingerprint density at radius 2 is 2.33 bits per heavy atom. The van der Waals surface area contributed by atoms with Crippen molar-refractivity contribution >= 4 is 23.3 Å². The first kappa shape index (κ1) is 9.98. The van der Waals surface area contributed by atoms with Crippen LogP contribution >= 0.6 is 11.6 Å². The Labute approximate surface area is 90.9 Å². The number of nitrogens with zero attached hydrogens (tertiary/aromatic N) is 1. The first-order chi connectivity index (χ1) is 7.28. The number of nitrogens with one attached hydrogen (secondary N) is 1. The molecule has 78 valence electrons. The highest BCUT2D eigenvalue weighted by atomic mass is 35.5. The summed E-state index contributed by atoms with van der Waals surface area (Å²) in [6.07, 6.45) is 1.45. The van der Waals surface area contributed by atoms with Crippen molar-refractivity contribution in [3.63, 3.8) is 0 Å². The van der Waals surface area contributed by atoms with Gasteiger partial charge in [-0.1, -0.05) is 6.07 Å². The number of oxazole rings is 1. The molecule has 0 atom stereocenters. The summed E-state index contributed by atoms with van der Waals surface area (Å²) in [5, 5.41) is 2.82. The molecule has 15 heavy (non-hydrogen) atoms. The van der Waals surface area contributed by atoms with Crippen molar-refractivity contribution in [1.29, 1.82) is 0 Å². The van der Waals surface area contributed by atoms with E-state index in [1.54, 1.807) is 12.1 Å². The monoisotopic (exact) mass is 226 g/mol. The molecule has 0 aliphatic rings. The Morgan fingerprint density at radius 3 is 3.00 bits per heavy atom. The quantitative estimate of drug-likeness (QED) is 0.816. The molecule has 1 aromatic heterocycles. The SMILES string of the molecule is Fc1cccc(Nc2nc(CCl)co2)c1. The summed E-state index contributed by atoms with van der Waals surface area (Å²) in [6, 6.07) is 6.34. The molecule has 1 heterocycles. The van der Waals surface area contributed by atoms with Crippen LogP contribution < -0.4 is 5.32 Å². The summed E-state index contributed by atoms with van der Waals surface area (Å²) in [6.45, 7) is 0. The molecule has 1 aromatic carbocycles. The van der Waals surface area contributed by atoms with Gasteiger partial charge < -0.3 is 9.73 Å². The minimum Gasteiger partial charge on any atom is -0.432 e. The minimum absolute atomic E-state index is 0.286. The Hall–Kier alpha value is -1.55. The fourth-order valence-corrected chi connectivity index (χ4v) is 1.24. The number of benzene rings is 1. The zero-order valence-electron chi connectivity index (χ0n) is 7.71. The van der Waals surface area contributed by atoms with Gasteiger partial charge in [0.05, 0.1) is 11.6 Å². The molecule has 0 amide bonds. The van der Waals surface area contributed by atoms with Crippen LogP contribution in [0.5, 0.6) is 0 Å². The maximum Gasteiger partial charge on any atom is 0.299 e. The Kier molecular flexibility index (Phi) is 2.87. The fourth-order valence-electron chi connectivity index (χ4n) is 1.12. The molecule has 0 saturated carbocycles. The molecule has 3 nitrogen and oxygen atoms in total. The van der Waals surface area contributed by atoms with E-state index >= 15 is 0 Å². The summed E-state index contributed by atoms with van der Waals surface area (Å²) in [5.74, 6) is -0.0296. The van der Waals surface area contributed by atoms with E-state index in [0.717, 1.165) is 0 Å². The van der Waals surface area contributed by atoms with Crippen molar-refractivity contribution in [3.05, 3.63) is 42.0 Å². The highest BCUT2D eigenvalue weighted by Gasteiger charge is 2.03. The van der Waals surface area contributed by atoms with Crippen LogP contribution in [0, 0.1) is 5.82 Å². The maximum absolute atomic E-state index is 12.8. The zero-order chi connectivity index (χ0) is 10.7. The van der Waals surface area contributed by atoms with Crippen molar-refractivity contribution in [2.75, 3.05) is 5.32 Å². The van der Waals surface area contributed by atoms with Gasteiger partial charge in [0.2, 0.25) is 0 Å². The maximum atomic E-state index is 12.8. The number of hydrogen-bond acceptors (Lipinski definition) is 3. The lowest BCUT2D eigenvalue weighted by atomic mass is 10.3. The Morgan fingerprint density at radius 1 is 1.47 bits per heavy atom. The summed E-state index contributed by atoms with van der Waals surface area (Å²) in [7, 11) is 0. The molecule has 0 unspecified atom stereocenters. The topological polar surface area (TPSA) is 38.1 Å². The van der Waals surface area contributed by atoms with Gasteiger partial charge in [-0.2, -0.15) is 4.98 Å². The van der Waals surface area contributed by atoms with Crippen LogP contribution in [-0.4, -0.2) is 4.98 Å². The average molecular weight is 227 g/mol. The van der Waals surface area contributed by atoms with E-state index in [9.17, 15) is 4.39 Å². The average Bonchev–Trinajstić information content (AvgIpc) is 2.65. The second-order valence-electron chi connectivity index (χ2n) is 2.91. The number of anilines is 2. The van der Waals surface area contributed by atoms with E-state index in [4.69, 9.17) is 16.0 Å². The molecule has 0 fully saturated rings. The molecule has 1 N–H and O–H groups in total. The molecule has 5 heteroatoms. The van der Waals surface area contributed by atoms with E-state index in [-0.39, 0.29) is 11.7 Å². The molecule has 0 aliphatic carbocycles. The van der Waals surface area contributed by atoms with Crippen LogP contribution in [0.15, 0.2) is 34.9 Å². The van der Waals surface area contributed by atoms with E-state index in [1.807, 2.05) is 0 Å². The third kappa shape index (κ3) is 2.47. The standard InChI is InChI=1S/C10H8ClFN2O/c11-5-9-6-15-10(14-9)13-8-3-1-2-7(12)4-8/h1-4,6H,5H2,(H,13,14). The van der Waals surface area contributed by atoms with Crippen LogP contribution in [0.2, 0.25) is 0 Å². The van der Waals surface area contributed by atoms with Crippen LogP contribution in [0.3, 0.4) is 0 Å². The molecule has 0 bridgehead atoms. The second-order valence-corrected chi connectivity index (χ2v) is 3.18. The number of hydrogen-bond donors (Lipinski definition) is 1. The van der Waals surface area contributed by atoms with Crippen molar-refractivity contribution in [2.45, 2.75) is 5.88 Å². The van der Waals surface area contributed by atoms with Crippen LogP contribution in [-0.2, 0) is 5.88 Å². The minimum atomic E-state index is -0.316. The summed E-state index contributed by atoms with van der Waals surface area (Å²) in [5.41, 5.74) is 1.22. The van der Waals surface area contributed by atoms with Gasteiger partial charge in [0.1, 0.15) is 12.1 Å². The lowest BCUT2D eigenvalue weighted by molar-refractivity contribution is 0.576. The predicted molar refractivity (Wildman–Crippen MR) is 55.7 cm³/mol. The number of alkyl halides is 1. The van der Waals surface area contributed by atoms with E-state index < -0.39 is 0 Å². The molecule has 0 spiro atoms. The summed E-state index contributed by atoms with van der Waals surface area (Å²) >= 11 is 5.56. The molecular formula is C10H8ClFN2O. The first-order valence-corrected chi connectivity index (χ1v) is 4.84. The summed E-state index contributed by atoms with van der Waals surface area (Å²) < 4.78 is 17.9. The van der Waals surface area contributed by atoms with Gasteiger partial charge in [-0.3, -0.25) is 0 Å². The lowest BCUT2D eigenvalue weighted by Gasteiger charge is -2.00. The van der Waals surface area contributed by atoms with Crippen LogP contribution in [0.25, 0.3) is 0 Å². The first-order valence-electron chi connectivity index (χ1n) is 4.31. The highest BCUT2D eigenvalue weighted by molar-refractivity contribution is 6.16. The van der Waals surface area contributed by atoms with Gasteiger partial charge in [-0.25, -0.2) is 4.39 Å². The van der Waals surface area contributed by atoms with Gasteiger partial charge in [-0.15, -0.1) is 11.6 Å². The van der Waals surface area contributed by atoms with Gasteiger partial charge in [0.25, 0.3) is 6.01 Å². The van der Waals surface area contributed by atoms with Crippen molar-refractivity contribution in [1.82, 2.24) is 4.98 Å². The molecule has 2 aromatic rings. The third-order valence-corrected chi connectivity index (χ3v) is 2.04. The Bertz CT molecular complexity index is 458. The van der Waals surface area contributed by atoms with E-state index in [1.165, 1.54) is 18.4 Å². The van der Waals surface area contributed by atoms with E-state index in [0.29, 0.717) is 17.4 Å². The molecular weight excluding hydrogens is 219 g/mol. The molecule has 2 rings (SSSR count). The fraction of sp³-hybridized carbons (Fsp3) is 0.100. The van der Waals surface area contributed by atoms with Crippen LogP contribution in [0.1, 0.15) is 5.69 Å². The van der Waals surface area contributed by atoms with Gasteiger partial charge in [-0.05, 0) is 18.2 Å². The third-order valence-electron chi connectivity index (χ3n) is 1.76. The van der Waals surface area contributed by atoms with E-state index in [2.05, 4.69) is 10.3 Å². The molecule has 0 aliphatic heterocycles. The van der Waals surface area contributed by atoms with Crippen LogP contribution in [0.4, 0.5) is 16.1 Å². The van der Waals surface area contributed by atoms with Gasteiger partial charge >= 0.3 is 0 Å². The lowest BCUT2D eigenvalue weighted by Crippen LogP contribution is -1.91. The highest BCUT2D eigenvalue weighted by Crippen LogP contribution is 2.17.